The van der Waals surface area contributed by atoms with Crippen molar-refractivity contribution < 1.29 is 9.47 Å². The lowest BCUT2D eigenvalue weighted by Gasteiger charge is -2.34. The third-order valence-electron chi connectivity index (χ3n) is 4.63. The molecule has 0 spiro atoms. The van der Waals surface area contributed by atoms with Crippen LogP contribution in [0.5, 0.6) is 11.5 Å². The van der Waals surface area contributed by atoms with Crippen molar-refractivity contribution >= 4 is 29.9 Å². The summed E-state index contributed by atoms with van der Waals surface area (Å²) < 4.78 is 12.0. The second-order valence-corrected chi connectivity index (χ2v) is 6.79. The molecule has 0 aliphatic carbocycles. The molecule has 0 bridgehead atoms. The molecular weight excluding hydrogens is 465 g/mol. The van der Waals surface area contributed by atoms with E-state index in [1.54, 1.807) is 0 Å². The van der Waals surface area contributed by atoms with Crippen LogP contribution < -0.4 is 14.8 Å². The Hall–Kier alpha value is -1.96. The van der Waals surface area contributed by atoms with Gasteiger partial charge in [0.25, 0.3) is 0 Å². The van der Waals surface area contributed by atoms with E-state index in [2.05, 4.69) is 22.1 Å². The summed E-state index contributed by atoms with van der Waals surface area (Å²) in [5, 5.41) is 3.43. The first-order chi connectivity index (χ1) is 13.2. The van der Waals surface area contributed by atoms with Gasteiger partial charge in [0, 0.05) is 33.0 Å². The van der Waals surface area contributed by atoms with Crippen LogP contribution in [0.1, 0.15) is 19.8 Å². The highest BCUT2D eigenvalue weighted by atomic mass is 127. The van der Waals surface area contributed by atoms with Gasteiger partial charge in [-0.1, -0.05) is 36.4 Å². The summed E-state index contributed by atoms with van der Waals surface area (Å²) in [6, 6.07) is 20.0. The van der Waals surface area contributed by atoms with E-state index >= 15 is 0 Å². The zero-order valence-corrected chi connectivity index (χ0v) is 18.9. The summed E-state index contributed by atoms with van der Waals surface area (Å²) in [6.45, 7) is 4.64. The Morgan fingerprint density at radius 1 is 1.04 bits per heavy atom. The van der Waals surface area contributed by atoms with Crippen LogP contribution in [0.15, 0.2) is 65.7 Å². The van der Waals surface area contributed by atoms with Crippen molar-refractivity contribution in [1.29, 1.82) is 0 Å². The molecule has 1 fully saturated rings. The minimum Gasteiger partial charge on any atom is -0.490 e. The van der Waals surface area contributed by atoms with Crippen molar-refractivity contribution in [3.63, 3.8) is 0 Å². The molecule has 2 aromatic carbocycles. The van der Waals surface area contributed by atoms with E-state index < -0.39 is 0 Å². The van der Waals surface area contributed by atoms with Crippen molar-refractivity contribution in [2.75, 3.05) is 26.7 Å². The van der Waals surface area contributed by atoms with Gasteiger partial charge in [-0.3, -0.25) is 4.99 Å². The largest absolute Gasteiger partial charge is 0.490 e. The van der Waals surface area contributed by atoms with E-state index in [9.17, 15) is 0 Å². The van der Waals surface area contributed by atoms with Crippen molar-refractivity contribution in [1.82, 2.24) is 10.2 Å². The minimum atomic E-state index is 0. The number of rotatable bonds is 6. The molecule has 28 heavy (non-hydrogen) atoms. The number of hydrogen-bond donors (Lipinski definition) is 1. The Kier molecular flexibility index (Phi) is 9.40. The summed E-state index contributed by atoms with van der Waals surface area (Å²) in [5.74, 6) is 2.77. The molecule has 6 heteroatoms. The molecule has 1 atom stereocenters. The van der Waals surface area contributed by atoms with E-state index in [0.717, 1.165) is 43.4 Å². The van der Waals surface area contributed by atoms with Crippen LogP contribution in [-0.2, 0) is 0 Å². The Balaban J connectivity index is 0.00000280. The predicted molar refractivity (Wildman–Crippen MR) is 125 cm³/mol. The molecule has 1 saturated heterocycles. The van der Waals surface area contributed by atoms with Crippen LogP contribution in [0.25, 0.3) is 0 Å². The molecule has 2 aromatic rings. The van der Waals surface area contributed by atoms with Crippen molar-refractivity contribution in [3.8, 4) is 11.5 Å². The van der Waals surface area contributed by atoms with Crippen LogP contribution in [-0.4, -0.2) is 49.7 Å². The van der Waals surface area contributed by atoms with E-state index in [1.165, 1.54) is 0 Å². The van der Waals surface area contributed by atoms with Gasteiger partial charge in [0.15, 0.2) is 5.96 Å². The summed E-state index contributed by atoms with van der Waals surface area (Å²) in [7, 11) is 1.83. The standard InChI is InChI=1S/C22H29N3O2.HI/c1-18(26-19-9-5-3-6-10-19)17-24-22(23-2)25-15-13-21(14-16-25)27-20-11-7-4-8-12-20;/h3-12,18,21H,13-17H2,1-2H3,(H,23,24);1H. The average Bonchev–Trinajstić information content (AvgIpc) is 2.71. The van der Waals surface area contributed by atoms with Gasteiger partial charge in [-0.05, 0) is 31.2 Å². The Morgan fingerprint density at radius 2 is 1.61 bits per heavy atom. The average molecular weight is 495 g/mol. The summed E-state index contributed by atoms with van der Waals surface area (Å²) in [6.07, 6.45) is 2.31. The lowest BCUT2D eigenvalue weighted by atomic mass is 10.1. The highest BCUT2D eigenvalue weighted by Gasteiger charge is 2.23. The fraction of sp³-hybridized carbons (Fsp3) is 0.409. The topological polar surface area (TPSA) is 46.1 Å². The molecule has 3 rings (SSSR count). The quantitative estimate of drug-likeness (QED) is 0.371. The first kappa shape index (κ1) is 22.3. The highest BCUT2D eigenvalue weighted by molar-refractivity contribution is 14.0. The molecule has 1 heterocycles. The fourth-order valence-corrected chi connectivity index (χ4v) is 3.22. The van der Waals surface area contributed by atoms with Gasteiger partial charge in [0.05, 0.1) is 6.54 Å². The molecular formula is C22H30IN3O2. The maximum atomic E-state index is 6.07. The van der Waals surface area contributed by atoms with E-state index in [4.69, 9.17) is 9.47 Å². The first-order valence-electron chi connectivity index (χ1n) is 9.63. The number of piperidine rings is 1. The molecule has 1 unspecified atom stereocenters. The van der Waals surface area contributed by atoms with E-state index in [-0.39, 0.29) is 36.2 Å². The van der Waals surface area contributed by atoms with Gasteiger partial charge in [-0.2, -0.15) is 0 Å². The van der Waals surface area contributed by atoms with Crippen molar-refractivity contribution in [2.45, 2.75) is 32.0 Å². The molecule has 0 aromatic heterocycles. The number of benzene rings is 2. The van der Waals surface area contributed by atoms with Gasteiger partial charge < -0.3 is 19.7 Å². The molecule has 1 aliphatic rings. The molecule has 1 N–H and O–H groups in total. The highest BCUT2D eigenvalue weighted by Crippen LogP contribution is 2.18. The Labute approximate surface area is 185 Å². The third-order valence-corrected chi connectivity index (χ3v) is 4.63. The maximum Gasteiger partial charge on any atom is 0.193 e. The Bertz CT molecular complexity index is 704. The number of aliphatic imine (C=N–C) groups is 1. The Morgan fingerprint density at radius 3 is 2.18 bits per heavy atom. The van der Waals surface area contributed by atoms with Crippen LogP contribution in [0.4, 0.5) is 0 Å². The lowest BCUT2D eigenvalue weighted by Crippen LogP contribution is -2.49. The van der Waals surface area contributed by atoms with Crippen molar-refractivity contribution in [2.24, 2.45) is 4.99 Å². The molecule has 5 nitrogen and oxygen atoms in total. The summed E-state index contributed by atoms with van der Waals surface area (Å²) >= 11 is 0. The number of likely N-dealkylation sites (tertiary alicyclic amines) is 1. The molecule has 0 radical (unpaired) electrons. The van der Waals surface area contributed by atoms with Gasteiger partial charge >= 0.3 is 0 Å². The molecule has 0 amide bonds. The number of halogens is 1. The molecule has 152 valence electrons. The number of ether oxygens (including phenoxy) is 2. The predicted octanol–water partition coefficient (Wildman–Crippen LogP) is 4.19. The number of guanidine groups is 1. The smallest absolute Gasteiger partial charge is 0.193 e. The number of hydrogen-bond acceptors (Lipinski definition) is 3. The molecule has 0 saturated carbocycles. The van der Waals surface area contributed by atoms with Crippen LogP contribution >= 0.6 is 24.0 Å². The number of nitrogens with zero attached hydrogens (tertiary/aromatic N) is 2. The summed E-state index contributed by atoms with van der Waals surface area (Å²) in [5.41, 5.74) is 0. The zero-order valence-electron chi connectivity index (χ0n) is 16.6. The maximum absolute atomic E-state index is 6.07. The second-order valence-electron chi connectivity index (χ2n) is 6.79. The SMILES string of the molecule is CN=C(NCC(C)Oc1ccccc1)N1CCC(Oc2ccccc2)CC1.I. The minimum absolute atomic E-state index is 0. The summed E-state index contributed by atoms with van der Waals surface area (Å²) in [4.78, 5) is 6.73. The lowest BCUT2D eigenvalue weighted by molar-refractivity contribution is 0.129. The van der Waals surface area contributed by atoms with Gasteiger partial charge in [0.2, 0.25) is 0 Å². The van der Waals surface area contributed by atoms with Gasteiger partial charge in [-0.25, -0.2) is 0 Å². The number of nitrogens with one attached hydrogen (secondary N) is 1. The second kappa shape index (κ2) is 11.8. The normalized spacial score (nSPS) is 16.1. The van der Waals surface area contributed by atoms with Crippen molar-refractivity contribution in [3.05, 3.63) is 60.7 Å². The number of para-hydroxylation sites is 2. The monoisotopic (exact) mass is 495 g/mol. The van der Waals surface area contributed by atoms with Crippen LogP contribution in [0.2, 0.25) is 0 Å². The van der Waals surface area contributed by atoms with Crippen LogP contribution in [0, 0.1) is 0 Å². The van der Waals surface area contributed by atoms with Gasteiger partial charge in [-0.15, -0.1) is 24.0 Å². The fourth-order valence-electron chi connectivity index (χ4n) is 3.22. The van der Waals surface area contributed by atoms with Crippen LogP contribution in [0.3, 0.4) is 0 Å². The van der Waals surface area contributed by atoms with Gasteiger partial charge in [0.1, 0.15) is 23.7 Å². The third kappa shape index (κ3) is 6.89. The zero-order chi connectivity index (χ0) is 18.9. The first-order valence-corrected chi connectivity index (χ1v) is 9.63. The van der Waals surface area contributed by atoms with E-state index in [1.807, 2.05) is 67.7 Å². The molecule has 1 aliphatic heterocycles. The van der Waals surface area contributed by atoms with E-state index in [0.29, 0.717) is 6.54 Å².